The van der Waals surface area contributed by atoms with Crippen molar-refractivity contribution in [2.45, 2.75) is 76.0 Å². The Morgan fingerprint density at radius 3 is 2.50 bits per heavy atom. The SMILES string of the molecule is COC(=O)CCCC(=O)N1C[C@H]2CC(c3ccc(CCCOc4cc(F)ccc4Br)cc3)=C(C(=O)N(Cc3ccccc3F)C3CC3)[C@@H](C1)N2. The number of rotatable bonds is 14. The predicted octanol–water partition coefficient (Wildman–Crippen LogP) is 6.60. The first kappa shape index (κ1) is 35.7. The van der Waals surface area contributed by atoms with E-state index in [0.717, 1.165) is 42.4 Å². The zero-order valence-electron chi connectivity index (χ0n) is 28.1. The van der Waals surface area contributed by atoms with E-state index in [1.165, 1.54) is 25.3 Å². The first-order valence-corrected chi connectivity index (χ1v) is 18.0. The van der Waals surface area contributed by atoms with Gasteiger partial charge in [0.1, 0.15) is 17.4 Å². The highest BCUT2D eigenvalue weighted by atomic mass is 79.9. The van der Waals surface area contributed by atoms with Gasteiger partial charge in [-0.25, -0.2) is 8.78 Å². The highest BCUT2D eigenvalue weighted by Gasteiger charge is 2.43. The van der Waals surface area contributed by atoms with Crippen molar-refractivity contribution in [3.63, 3.8) is 0 Å². The largest absolute Gasteiger partial charge is 0.492 e. The Labute approximate surface area is 299 Å². The van der Waals surface area contributed by atoms with Crippen molar-refractivity contribution in [3.05, 3.63) is 105 Å². The number of hydrogen-bond acceptors (Lipinski definition) is 6. The molecule has 0 radical (unpaired) electrons. The maximum Gasteiger partial charge on any atom is 0.305 e. The molecule has 1 saturated carbocycles. The third-order valence-electron chi connectivity index (χ3n) is 9.60. The van der Waals surface area contributed by atoms with Crippen LogP contribution in [-0.2, 0) is 32.1 Å². The molecule has 2 amide bonds. The second kappa shape index (κ2) is 16.3. The Kier molecular flexibility index (Phi) is 11.6. The molecule has 0 unspecified atom stereocenters. The lowest BCUT2D eigenvalue weighted by atomic mass is 9.82. The van der Waals surface area contributed by atoms with Crippen molar-refractivity contribution in [2.75, 3.05) is 26.8 Å². The lowest BCUT2D eigenvalue weighted by molar-refractivity contribution is -0.141. The molecule has 3 aromatic carbocycles. The fraction of sp³-hybridized carbons (Fsp3) is 0.410. The number of fused-ring (bicyclic) bond motifs is 2. The van der Waals surface area contributed by atoms with Gasteiger partial charge in [-0.1, -0.05) is 42.5 Å². The number of hydrogen-bond donors (Lipinski definition) is 1. The third-order valence-corrected chi connectivity index (χ3v) is 10.3. The lowest BCUT2D eigenvalue weighted by Crippen LogP contribution is -2.62. The van der Waals surface area contributed by atoms with Gasteiger partial charge in [0.05, 0.1) is 24.2 Å². The Bertz CT molecular complexity index is 1750. The quantitative estimate of drug-likeness (QED) is 0.148. The van der Waals surface area contributed by atoms with Gasteiger partial charge < -0.3 is 24.6 Å². The van der Waals surface area contributed by atoms with Crippen LogP contribution in [0, 0.1) is 11.6 Å². The first-order valence-electron chi connectivity index (χ1n) is 17.3. The van der Waals surface area contributed by atoms with Crippen LogP contribution in [0.1, 0.15) is 61.6 Å². The van der Waals surface area contributed by atoms with Crippen LogP contribution >= 0.6 is 15.9 Å². The summed E-state index contributed by atoms with van der Waals surface area (Å²) in [6, 6.07) is 18.8. The summed E-state index contributed by atoms with van der Waals surface area (Å²) in [4.78, 5) is 43.1. The van der Waals surface area contributed by atoms with E-state index in [-0.39, 0.29) is 60.9 Å². The number of esters is 1. The van der Waals surface area contributed by atoms with Crippen LogP contribution in [0.2, 0.25) is 0 Å². The summed E-state index contributed by atoms with van der Waals surface area (Å²) in [7, 11) is 1.33. The van der Waals surface area contributed by atoms with E-state index in [1.807, 2.05) is 0 Å². The molecule has 2 atom stereocenters. The summed E-state index contributed by atoms with van der Waals surface area (Å²) in [5.74, 6) is -0.751. The Morgan fingerprint density at radius 1 is 0.980 bits per heavy atom. The van der Waals surface area contributed by atoms with Crippen LogP contribution in [0.15, 0.2) is 76.8 Å². The highest BCUT2D eigenvalue weighted by molar-refractivity contribution is 9.10. The number of aryl methyl sites for hydroxylation is 1. The average Bonchev–Trinajstić information content (AvgIpc) is 3.96. The fourth-order valence-electron chi connectivity index (χ4n) is 6.85. The monoisotopic (exact) mass is 749 g/mol. The van der Waals surface area contributed by atoms with Gasteiger partial charge >= 0.3 is 5.97 Å². The zero-order valence-corrected chi connectivity index (χ0v) is 29.7. The van der Waals surface area contributed by atoms with Crippen LogP contribution in [0.25, 0.3) is 5.57 Å². The summed E-state index contributed by atoms with van der Waals surface area (Å²) in [5, 5.41) is 3.62. The molecule has 2 bridgehead atoms. The summed E-state index contributed by atoms with van der Waals surface area (Å²) in [6.45, 7) is 1.43. The Morgan fingerprint density at radius 2 is 1.76 bits per heavy atom. The molecule has 0 spiro atoms. The molecular formula is C39H42BrF2N3O5. The molecule has 1 saturated heterocycles. The molecule has 6 rings (SSSR count). The van der Waals surface area contributed by atoms with Gasteiger partial charge in [-0.05, 0) is 89.4 Å². The molecule has 50 heavy (non-hydrogen) atoms. The number of ether oxygens (including phenoxy) is 2. The Balaban J connectivity index is 1.22. The second-order valence-electron chi connectivity index (χ2n) is 13.2. The molecule has 1 N–H and O–H groups in total. The van der Waals surface area contributed by atoms with E-state index in [2.05, 4.69) is 45.5 Å². The normalized spacial score (nSPS) is 18.5. The Hall–Kier alpha value is -4.09. The van der Waals surface area contributed by atoms with Crippen molar-refractivity contribution in [3.8, 4) is 5.75 Å². The molecule has 2 heterocycles. The van der Waals surface area contributed by atoms with Gasteiger partial charge in [-0.2, -0.15) is 0 Å². The second-order valence-corrected chi connectivity index (χ2v) is 14.1. The number of nitrogens with zero attached hydrogens (tertiary/aromatic N) is 2. The van der Waals surface area contributed by atoms with Crippen molar-refractivity contribution < 1.29 is 32.6 Å². The van der Waals surface area contributed by atoms with E-state index >= 15 is 0 Å². The van der Waals surface area contributed by atoms with Gasteiger partial charge in [0, 0.05) is 61.8 Å². The summed E-state index contributed by atoms with van der Waals surface area (Å²) in [6.07, 6.45) is 4.57. The molecule has 2 fully saturated rings. The minimum Gasteiger partial charge on any atom is -0.492 e. The lowest BCUT2D eigenvalue weighted by Gasteiger charge is -2.45. The maximum atomic E-state index is 14.8. The molecule has 3 aliphatic rings. The van der Waals surface area contributed by atoms with Crippen LogP contribution in [0.5, 0.6) is 5.75 Å². The van der Waals surface area contributed by atoms with E-state index < -0.39 is 6.04 Å². The topological polar surface area (TPSA) is 88.2 Å². The van der Waals surface area contributed by atoms with Crippen molar-refractivity contribution in [1.82, 2.24) is 15.1 Å². The number of amides is 2. The average molecular weight is 751 g/mol. The zero-order chi connectivity index (χ0) is 35.2. The molecule has 8 nitrogen and oxygen atoms in total. The van der Waals surface area contributed by atoms with Crippen LogP contribution in [-0.4, -0.2) is 72.5 Å². The minimum atomic E-state index is -0.393. The van der Waals surface area contributed by atoms with Gasteiger partial charge in [0.15, 0.2) is 0 Å². The summed E-state index contributed by atoms with van der Waals surface area (Å²) >= 11 is 3.39. The maximum absolute atomic E-state index is 14.8. The smallest absolute Gasteiger partial charge is 0.305 e. The third kappa shape index (κ3) is 8.79. The van der Waals surface area contributed by atoms with E-state index in [1.54, 1.807) is 34.1 Å². The van der Waals surface area contributed by atoms with E-state index in [4.69, 9.17) is 9.47 Å². The molecule has 11 heteroatoms. The van der Waals surface area contributed by atoms with Crippen LogP contribution in [0.3, 0.4) is 0 Å². The molecule has 0 aromatic heterocycles. The number of carbonyl (C=O) groups is 3. The number of benzene rings is 3. The number of piperazine rings is 1. The number of nitrogens with one attached hydrogen (secondary N) is 1. The number of halogens is 3. The molecule has 3 aromatic rings. The minimum absolute atomic E-state index is 0.0332. The van der Waals surface area contributed by atoms with Gasteiger partial charge in [-0.15, -0.1) is 0 Å². The summed E-state index contributed by atoms with van der Waals surface area (Å²) in [5.41, 5.74) is 4.11. The van der Waals surface area contributed by atoms with Crippen molar-refractivity contribution >= 4 is 39.3 Å². The van der Waals surface area contributed by atoms with Crippen LogP contribution < -0.4 is 10.1 Å². The van der Waals surface area contributed by atoms with E-state index in [0.29, 0.717) is 53.9 Å². The van der Waals surface area contributed by atoms with Gasteiger partial charge in [0.25, 0.3) is 5.91 Å². The fourth-order valence-corrected chi connectivity index (χ4v) is 7.21. The number of carbonyl (C=O) groups excluding carboxylic acids is 3. The standard InChI is InChI=1S/C39H42BrF2N3O5/c1-49-37(47)10-4-9-36(46)44-23-29-21-31(26-13-11-25(12-14-26)6-5-19-50-35-20-28(41)15-18-32(35)40)38(34(24-44)43-29)39(48)45(30-16-17-30)22-27-7-2-3-8-33(27)42/h2-3,7-8,11-15,18,20,29-30,34,43H,4-6,9-10,16-17,19,21-24H2,1H3/t29-,34-/m1/s1. The predicted molar refractivity (Wildman–Crippen MR) is 189 cm³/mol. The van der Waals surface area contributed by atoms with Gasteiger partial charge in [0.2, 0.25) is 5.91 Å². The van der Waals surface area contributed by atoms with Crippen molar-refractivity contribution in [2.24, 2.45) is 0 Å². The van der Waals surface area contributed by atoms with E-state index in [9.17, 15) is 23.2 Å². The van der Waals surface area contributed by atoms with Gasteiger partial charge in [-0.3, -0.25) is 14.4 Å². The summed E-state index contributed by atoms with van der Waals surface area (Å²) < 4.78 is 39.6. The molecule has 1 aliphatic carbocycles. The number of methoxy groups -OCH3 is 1. The molecule has 2 aliphatic heterocycles. The first-order chi connectivity index (χ1) is 24.2. The van der Waals surface area contributed by atoms with Crippen molar-refractivity contribution in [1.29, 1.82) is 0 Å². The highest BCUT2D eigenvalue weighted by Crippen LogP contribution is 2.38. The molecule has 264 valence electrons. The van der Waals surface area contributed by atoms with Crippen LogP contribution in [0.4, 0.5) is 8.78 Å². The molecular weight excluding hydrogens is 708 g/mol.